The zero-order valence-corrected chi connectivity index (χ0v) is 24.4. The Kier molecular flexibility index (Phi) is 14.8. The number of nitrogens with zero attached hydrogens (tertiary/aromatic N) is 3. The fourth-order valence-corrected chi connectivity index (χ4v) is 4.72. The highest BCUT2D eigenvalue weighted by molar-refractivity contribution is 6.63. The van der Waals surface area contributed by atoms with Crippen LogP contribution in [0.15, 0.2) is 48.5 Å². The van der Waals surface area contributed by atoms with Crippen LogP contribution in [0.3, 0.4) is 0 Å². The van der Waals surface area contributed by atoms with Crippen LogP contribution < -0.4 is 9.80 Å². The molecule has 0 aromatic heterocycles. The molecule has 0 aliphatic carbocycles. The Morgan fingerprint density at radius 2 is 1.08 bits per heavy atom. The molecule has 4 rings (SSSR count). The van der Waals surface area contributed by atoms with Crippen molar-refractivity contribution in [1.29, 1.82) is 0 Å². The molecule has 0 N–H and O–H groups in total. The number of piperazine rings is 1. The number of carbonyl (C=O) groups excluding carboxylic acids is 2. The molecule has 2 fully saturated rings. The van der Waals surface area contributed by atoms with Crippen LogP contribution >= 0.6 is 34.8 Å². The average Bonchev–Trinajstić information content (AvgIpc) is 2.91. The third-order valence-corrected chi connectivity index (χ3v) is 6.95. The zero-order valence-electron chi connectivity index (χ0n) is 22.1. The third kappa shape index (κ3) is 12.0. The maximum atomic E-state index is 11.7. The van der Waals surface area contributed by atoms with Crippen molar-refractivity contribution < 1.29 is 9.59 Å². The number of benzene rings is 2. The molecular formula is C29H40Cl3N3O2. The normalized spacial score (nSPS) is 15.2. The Morgan fingerprint density at radius 1 is 0.649 bits per heavy atom. The second-order valence-corrected chi connectivity index (χ2v) is 10.5. The van der Waals surface area contributed by atoms with Crippen molar-refractivity contribution in [2.24, 2.45) is 0 Å². The summed E-state index contributed by atoms with van der Waals surface area (Å²) in [6.07, 6.45) is 4.83. The lowest BCUT2D eigenvalue weighted by atomic mass is 10.1. The number of hydrogen-bond donors (Lipinski definition) is 0. The van der Waals surface area contributed by atoms with Gasteiger partial charge in [-0.25, -0.2) is 0 Å². The molecule has 0 radical (unpaired) electrons. The predicted molar refractivity (Wildman–Crippen MR) is 159 cm³/mol. The first kappa shape index (κ1) is 31.3. The summed E-state index contributed by atoms with van der Waals surface area (Å²) >= 11 is 15.5. The zero-order chi connectivity index (χ0) is 27.0. The van der Waals surface area contributed by atoms with Gasteiger partial charge in [-0.3, -0.25) is 9.59 Å². The van der Waals surface area contributed by atoms with Crippen molar-refractivity contribution in [2.45, 2.75) is 46.0 Å². The molecule has 2 aromatic rings. The summed E-state index contributed by atoms with van der Waals surface area (Å²) < 4.78 is 0. The van der Waals surface area contributed by atoms with E-state index in [1.807, 2.05) is 4.90 Å². The van der Waals surface area contributed by atoms with Gasteiger partial charge in [0.2, 0.25) is 11.1 Å². The first-order valence-corrected chi connectivity index (χ1v) is 14.5. The summed E-state index contributed by atoms with van der Waals surface area (Å²) in [6, 6.07) is 17.4. The van der Waals surface area contributed by atoms with Crippen LogP contribution in [-0.4, -0.2) is 67.1 Å². The highest BCUT2D eigenvalue weighted by atomic mass is 35.5. The van der Waals surface area contributed by atoms with Crippen molar-refractivity contribution in [3.05, 3.63) is 59.7 Å². The van der Waals surface area contributed by atoms with Crippen LogP contribution in [0.4, 0.5) is 11.4 Å². The summed E-state index contributed by atoms with van der Waals surface area (Å²) in [5.41, 5.74) is 5.26. The molecule has 204 valence electrons. The number of anilines is 2. The van der Waals surface area contributed by atoms with E-state index in [9.17, 15) is 9.59 Å². The van der Waals surface area contributed by atoms with Gasteiger partial charge in [-0.1, -0.05) is 35.4 Å². The topological polar surface area (TPSA) is 43.9 Å². The Hall–Kier alpha value is -1.95. The predicted octanol–water partition coefficient (Wildman–Crippen LogP) is 6.64. The Bertz CT molecular complexity index is 924. The minimum atomic E-state index is -0.370. The maximum absolute atomic E-state index is 11.7. The SMILES string of the molecule is Cc1ccc(N2CCCCC2)cc1.Cc1ccc(N2CCN(C(=O)CCCl)CC2)cc1.O=C(Cl)CCCl. The summed E-state index contributed by atoms with van der Waals surface area (Å²) in [6.45, 7) is 10.1. The molecule has 2 aromatic carbocycles. The van der Waals surface area contributed by atoms with E-state index < -0.39 is 0 Å². The third-order valence-electron chi connectivity index (χ3n) is 6.39. The molecule has 0 unspecified atom stereocenters. The number of halogens is 3. The van der Waals surface area contributed by atoms with Crippen LogP contribution in [0.5, 0.6) is 0 Å². The van der Waals surface area contributed by atoms with E-state index in [0.29, 0.717) is 18.2 Å². The first-order chi connectivity index (χ1) is 17.8. The molecule has 0 saturated carbocycles. The van der Waals surface area contributed by atoms with Crippen LogP contribution in [0, 0.1) is 13.8 Å². The fraction of sp³-hybridized carbons (Fsp3) is 0.517. The van der Waals surface area contributed by atoms with E-state index in [4.69, 9.17) is 34.8 Å². The van der Waals surface area contributed by atoms with Gasteiger partial charge >= 0.3 is 0 Å². The van der Waals surface area contributed by atoms with Crippen molar-refractivity contribution >= 4 is 57.3 Å². The molecule has 37 heavy (non-hydrogen) atoms. The van der Waals surface area contributed by atoms with Gasteiger partial charge in [-0.15, -0.1) is 23.2 Å². The number of rotatable bonds is 6. The number of alkyl halides is 2. The van der Waals surface area contributed by atoms with Crippen molar-refractivity contribution in [3.8, 4) is 0 Å². The molecule has 2 heterocycles. The molecular weight excluding hydrogens is 529 g/mol. The molecule has 8 heteroatoms. The molecule has 0 atom stereocenters. The summed E-state index contributed by atoms with van der Waals surface area (Å²) in [4.78, 5) is 28.2. The van der Waals surface area contributed by atoms with Gasteiger partial charge in [0, 0.05) is 75.2 Å². The number of hydrogen-bond acceptors (Lipinski definition) is 4. The first-order valence-electron chi connectivity index (χ1n) is 13.0. The van der Waals surface area contributed by atoms with Gasteiger partial charge in [-0.05, 0) is 69.0 Å². The van der Waals surface area contributed by atoms with Gasteiger partial charge in [0.1, 0.15) is 0 Å². The van der Waals surface area contributed by atoms with Crippen LogP contribution in [0.25, 0.3) is 0 Å². The van der Waals surface area contributed by atoms with Gasteiger partial charge in [0.05, 0.1) is 0 Å². The highest BCUT2D eigenvalue weighted by Gasteiger charge is 2.20. The molecule has 2 aliphatic rings. The monoisotopic (exact) mass is 567 g/mol. The quantitative estimate of drug-likeness (QED) is 0.289. The number of piperidine rings is 1. The molecule has 0 bridgehead atoms. The Morgan fingerprint density at radius 3 is 1.46 bits per heavy atom. The van der Waals surface area contributed by atoms with E-state index in [0.717, 1.165) is 26.2 Å². The smallest absolute Gasteiger partial charge is 0.223 e. The molecule has 5 nitrogen and oxygen atoms in total. The van der Waals surface area contributed by atoms with Gasteiger partial charge in [0.25, 0.3) is 0 Å². The largest absolute Gasteiger partial charge is 0.372 e. The molecule has 0 spiro atoms. The number of aryl methyl sites for hydroxylation is 2. The minimum Gasteiger partial charge on any atom is -0.372 e. The van der Waals surface area contributed by atoms with E-state index in [2.05, 4.69) is 72.2 Å². The lowest BCUT2D eigenvalue weighted by molar-refractivity contribution is -0.131. The number of carbonyl (C=O) groups is 2. The van der Waals surface area contributed by atoms with Gasteiger partial charge in [0.15, 0.2) is 0 Å². The van der Waals surface area contributed by atoms with Crippen molar-refractivity contribution in [2.75, 3.05) is 60.8 Å². The lowest BCUT2D eigenvalue weighted by Crippen LogP contribution is -2.48. The molecule has 2 saturated heterocycles. The molecule has 2 aliphatic heterocycles. The van der Waals surface area contributed by atoms with Crippen LogP contribution in [-0.2, 0) is 9.59 Å². The summed E-state index contributed by atoms with van der Waals surface area (Å²) in [5, 5.41) is -0.370. The lowest BCUT2D eigenvalue weighted by Gasteiger charge is -2.36. The number of amides is 1. The second-order valence-electron chi connectivity index (χ2n) is 9.32. The second kappa shape index (κ2) is 17.5. The van der Waals surface area contributed by atoms with Crippen molar-refractivity contribution in [1.82, 2.24) is 4.90 Å². The highest BCUT2D eigenvalue weighted by Crippen LogP contribution is 2.20. The summed E-state index contributed by atoms with van der Waals surface area (Å²) in [7, 11) is 0. The van der Waals surface area contributed by atoms with E-state index in [1.54, 1.807) is 0 Å². The van der Waals surface area contributed by atoms with E-state index >= 15 is 0 Å². The standard InChI is InChI=1S/C14H19ClN2O.C12H17N.C3H4Cl2O/c1-12-2-4-13(5-3-12)16-8-10-17(11-9-16)14(18)6-7-15;1-11-5-7-12(8-6-11)13-9-3-2-4-10-13;4-2-1-3(5)6/h2-5H,6-11H2,1H3;5-8H,2-4,9-10H2,1H3;1-2H2. The fourth-order valence-electron chi connectivity index (χ4n) is 4.19. The van der Waals surface area contributed by atoms with Gasteiger partial charge < -0.3 is 14.7 Å². The summed E-state index contributed by atoms with van der Waals surface area (Å²) in [5.74, 6) is 0.910. The Labute approximate surface area is 237 Å². The van der Waals surface area contributed by atoms with E-state index in [1.165, 1.54) is 54.9 Å². The maximum Gasteiger partial charge on any atom is 0.223 e. The van der Waals surface area contributed by atoms with Crippen LogP contribution in [0.2, 0.25) is 0 Å². The van der Waals surface area contributed by atoms with Crippen molar-refractivity contribution in [3.63, 3.8) is 0 Å². The Balaban J connectivity index is 0.000000221. The van der Waals surface area contributed by atoms with Gasteiger partial charge in [-0.2, -0.15) is 0 Å². The van der Waals surface area contributed by atoms with Crippen LogP contribution in [0.1, 0.15) is 43.2 Å². The minimum absolute atomic E-state index is 0.175. The molecule has 1 amide bonds. The van der Waals surface area contributed by atoms with E-state index in [-0.39, 0.29) is 17.6 Å². The average molecular weight is 569 g/mol.